The van der Waals surface area contributed by atoms with Crippen LogP contribution in [0.1, 0.15) is 30.9 Å². The van der Waals surface area contributed by atoms with Crippen LogP contribution >= 0.6 is 24.0 Å². The monoisotopic (exact) mass is 526 g/mol. The first-order valence-corrected chi connectivity index (χ1v) is 9.77. The Morgan fingerprint density at radius 1 is 1.13 bits per heavy atom. The van der Waals surface area contributed by atoms with Crippen LogP contribution in [0.5, 0.6) is 0 Å². The molecule has 0 heterocycles. The van der Waals surface area contributed by atoms with Crippen LogP contribution in [0.4, 0.5) is 14.9 Å². The van der Waals surface area contributed by atoms with E-state index in [1.165, 1.54) is 13.2 Å². The molecule has 1 saturated carbocycles. The van der Waals surface area contributed by atoms with Crippen LogP contribution in [0.2, 0.25) is 0 Å². The van der Waals surface area contributed by atoms with Gasteiger partial charge in [0.2, 0.25) is 0 Å². The molecule has 3 N–H and O–H groups in total. The van der Waals surface area contributed by atoms with Crippen molar-refractivity contribution in [2.45, 2.75) is 31.7 Å². The summed E-state index contributed by atoms with van der Waals surface area (Å²) in [5.41, 5.74) is 2.29. The molecular formula is C22H28FIN4O2. The van der Waals surface area contributed by atoms with Crippen molar-refractivity contribution in [2.75, 3.05) is 25.5 Å². The second-order valence-electron chi connectivity index (χ2n) is 7.12. The van der Waals surface area contributed by atoms with Gasteiger partial charge in [-0.25, -0.2) is 14.2 Å². The fraction of sp³-hybridized carbons (Fsp3) is 0.364. The van der Waals surface area contributed by atoms with E-state index in [9.17, 15) is 9.18 Å². The molecule has 3 rings (SSSR count). The van der Waals surface area contributed by atoms with E-state index in [0.717, 1.165) is 30.5 Å². The van der Waals surface area contributed by atoms with Crippen molar-refractivity contribution >= 4 is 41.7 Å². The van der Waals surface area contributed by atoms with Crippen molar-refractivity contribution in [1.29, 1.82) is 0 Å². The lowest BCUT2D eigenvalue weighted by molar-refractivity contribution is 0.187. The number of amides is 1. The van der Waals surface area contributed by atoms with Crippen LogP contribution in [0.3, 0.4) is 0 Å². The van der Waals surface area contributed by atoms with Gasteiger partial charge in [-0.3, -0.25) is 5.32 Å². The third-order valence-corrected chi connectivity index (χ3v) is 5.04. The largest absolute Gasteiger partial charge is 0.453 e. The van der Waals surface area contributed by atoms with E-state index in [0.29, 0.717) is 24.7 Å². The summed E-state index contributed by atoms with van der Waals surface area (Å²) >= 11 is 0. The molecule has 1 amide bonds. The van der Waals surface area contributed by atoms with Crippen molar-refractivity contribution in [2.24, 2.45) is 4.99 Å². The zero-order chi connectivity index (χ0) is 20.7. The Morgan fingerprint density at radius 2 is 1.83 bits per heavy atom. The molecule has 30 heavy (non-hydrogen) atoms. The van der Waals surface area contributed by atoms with Crippen LogP contribution in [-0.2, 0) is 16.7 Å². The highest BCUT2D eigenvalue weighted by Gasteiger charge is 2.45. The average Bonchev–Trinajstić information content (AvgIpc) is 3.52. The number of benzene rings is 2. The number of carbonyl (C=O) groups is 1. The highest BCUT2D eigenvalue weighted by Crippen LogP contribution is 2.48. The van der Waals surface area contributed by atoms with Gasteiger partial charge in [0.1, 0.15) is 5.82 Å². The molecule has 6 nitrogen and oxygen atoms in total. The molecule has 1 aliphatic rings. The Morgan fingerprint density at radius 3 is 2.43 bits per heavy atom. The molecule has 0 bridgehead atoms. The minimum absolute atomic E-state index is 0. The average molecular weight is 526 g/mol. The number of guanidine groups is 1. The predicted molar refractivity (Wildman–Crippen MR) is 128 cm³/mol. The molecule has 0 unspecified atom stereocenters. The van der Waals surface area contributed by atoms with E-state index < -0.39 is 6.09 Å². The van der Waals surface area contributed by atoms with Crippen molar-refractivity contribution in [3.05, 3.63) is 65.5 Å². The topological polar surface area (TPSA) is 74.8 Å². The second kappa shape index (κ2) is 11.1. The molecule has 0 atom stereocenters. The number of ether oxygens (including phenoxy) is 1. The van der Waals surface area contributed by atoms with Gasteiger partial charge in [0.05, 0.1) is 13.7 Å². The van der Waals surface area contributed by atoms with Gasteiger partial charge >= 0.3 is 6.09 Å². The van der Waals surface area contributed by atoms with Gasteiger partial charge in [-0.15, -0.1) is 24.0 Å². The number of hydrogen-bond acceptors (Lipinski definition) is 3. The third-order valence-electron chi connectivity index (χ3n) is 5.04. The number of methoxy groups -OCH3 is 1. The Balaban J connectivity index is 0.00000320. The molecule has 0 aromatic heterocycles. The van der Waals surface area contributed by atoms with Crippen molar-refractivity contribution in [3.8, 4) is 0 Å². The zero-order valence-corrected chi connectivity index (χ0v) is 19.5. The number of carbonyl (C=O) groups excluding carboxylic acids is 1. The second-order valence-corrected chi connectivity index (χ2v) is 7.12. The lowest BCUT2D eigenvalue weighted by atomic mass is 9.95. The van der Waals surface area contributed by atoms with Gasteiger partial charge < -0.3 is 15.4 Å². The van der Waals surface area contributed by atoms with Gasteiger partial charge in [-0.2, -0.15) is 0 Å². The Labute approximate surface area is 193 Å². The van der Waals surface area contributed by atoms with E-state index >= 15 is 0 Å². The molecule has 8 heteroatoms. The predicted octanol–water partition coefficient (Wildman–Crippen LogP) is 4.41. The minimum atomic E-state index is -0.502. The number of rotatable bonds is 7. The van der Waals surface area contributed by atoms with Gasteiger partial charge in [-0.1, -0.05) is 30.3 Å². The van der Waals surface area contributed by atoms with E-state index in [1.54, 1.807) is 18.2 Å². The molecule has 0 saturated heterocycles. The lowest BCUT2D eigenvalue weighted by Crippen LogP contribution is -2.41. The zero-order valence-electron chi connectivity index (χ0n) is 17.2. The number of aliphatic imine (C=N–C) groups is 1. The van der Waals surface area contributed by atoms with Crippen molar-refractivity contribution in [3.63, 3.8) is 0 Å². The summed E-state index contributed by atoms with van der Waals surface area (Å²) in [4.78, 5) is 15.9. The van der Waals surface area contributed by atoms with Gasteiger partial charge in [0, 0.05) is 24.2 Å². The Hall–Kier alpha value is -2.36. The number of nitrogens with one attached hydrogen (secondary N) is 3. The molecular weight excluding hydrogens is 498 g/mol. The standard InChI is InChI=1S/C22H27FN4O2.HI/c1-3-24-20(25-14-16-8-10-17(11-9-16)27-21(28)29-2)26-15-22(12-13-22)18-6-4-5-7-19(18)23;/h4-11H,3,12-15H2,1-2H3,(H,27,28)(H2,24,25,26);1H. The fourth-order valence-electron chi connectivity index (χ4n) is 3.21. The van der Waals surface area contributed by atoms with Crippen LogP contribution < -0.4 is 16.0 Å². The van der Waals surface area contributed by atoms with Gasteiger partial charge in [0.15, 0.2) is 5.96 Å². The maximum Gasteiger partial charge on any atom is 0.411 e. The first-order chi connectivity index (χ1) is 14.1. The van der Waals surface area contributed by atoms with E-state index in [-0.39, 0.29) is 35.2 Å². The molecule has 2 aromatic rings. The smallest absolute Gasteiger partial charge is 0.411 e. The van der Waals surface area contributed by atoms with E-state index in [2.05, 4.69) is 25.7 Å². The normalized spacial score (nSPS) is 14.3. The number of halogens is 2. The summed E-state index contributed by atoms with van der Waals surface area (Å²) in [6.45, 7) is 3.87. The molecule has 1 fully saturated rings. The first kappa shape index (κ1) is 23.9. The highest BCUT2D eigenvalue weighted by atomic mass is 127. The van der Waals surface area contributed by atoms with E-state index in [1.807, 2.05) is 31.2 Å². The Bertz CT molecular complexity index is 870. The van der Waals surface area contributed by atoms with E-state index in [4.69, 9.17) is 0 Å². The maximum atomic E-state index is 14.2. The molecule has 0 spiro atoms. The Kier molecular flexibility index (Phi) is 8.88. The summed E-state index contributed by atoms with van der Waals surface area (Å²) in [7, 11) is 1.33. The molecule has 2 aromatic carbocycles. The minimum Gasteiger partial charge on any atom is -0.453 e. The van der Waals surface area contributed by atoms with Crippen molar-refractivity contribution < 1.29 is 13.9 Å². The van der Waals surface area contributed by atoms with Crippen molar-refractivity contribution in [1.82, 2.24) is 10.6 Å². The van der Waals surface area contributed by atoms with Crippen LogP contribution in [0.25, 0.3) is 0 Å². The maximum absolute atomic E-state index is 14.2. The number of nitrogens with zero attached hydrogens (tertiary/aromatic N) is 1. The summed E-state index contributed by atoms with van der Waals surface area (Å²) < 4.78 is 18.8. The summed E-state index contributed by atoms with van der Waals surface area (Å²) in [6.07, 6.45) is 1.43. The first-order valence-electron chi connectivity index (χ1n) is 9.77. The third kappa shape index (κ3) is 6.32. The number of anilines is 1. The molecule has 162 valence electrons. The molecule has 1 aliphatic carbocycles. The fourth-order valence-corrected chi connectivity index (χ4v) is 3.21. The summed E-state index contributed by atoms with van der Waals surface area (Å²) in [6, 6.07) is 14.4. The van der Waals surface area contributed by atoms with Crippen LogP contribution in [-0.4, -0.2) is 32.3 Å². The summed E-state index contributed by atoms with van der Waals surface area (Å²) in [5, 5.41) is 9.21. The molecule has 0 aliphatic heterocycles. The number of hydrogen-bond donors (Lipinski definition) is 3. The quantitative estimate of drug-likeness (QED) is 0.284. The van der Waals surface area contributed by atoms with Crippen LogP contribution in [0.15, 0.2) is 53.5 Å². The van der Waals surface area contributed by atoms with Crippen LogP contribution in [0, 0.1) is 5.82 Å². The SMILES string of the molecule is CCNC(=NCc1ccc(NC(=O)OC)cc1)NCC1(c2ccccc2F)CC1.I. The van der Waals surface area contributed by atoms with Gasteiger partial charge in [-0.05, 0) is 49.1 Å². The highest BCUT2D eigenvalue weighted by molar-refractivity contribution is 14.0. The lowest BCUT2D eigenvalue weighted by Gasteiger charge is -2.19. The molecule has 0 radical (unpaired) electrons. The summed E-state index contributed by atoms with van der Waals surface area (Å²) in [5.74, 6) is 0.557. The van der Waals surface area contributed by atoms with Gasteiger partial charge in [0.25, 0.3) is 0 Å².